The van der Waals surface area contributed by atoms with E-state index >= 15 is 0 Å². The first kappa shape index (κ1) is 22.0. The maximum Gasteiger partial charge on any atom is 0.125 e. The van der Waals surface area contributed by atoms with Crippen molar-refractivity contribution in [3.8, 4) is 5.75 Å². The first-order valence-electron chi connectivity index (χ1n) is 7.14. The molecule has 0 unspecified atom stereocenters. The molecule has 24 heavy (non-hydrogen) atoms. The van der Waals surface area contributed by atoms with E-state index in [2.05, 4.69) is 4.99 Å². The third kappa shape index (κ3) is 6.62. The Kier molecular flexibility index (Phi) is 10.5. The van der Waals surface area contributed by atoms with Crippen LogP contribution in [0.1, 0.15) is 16.7 Å². The molecule has 0 saturated heterocycles. The van der Waals surface area contributed by atoms with Crippen LogP contribution in [0.4, 0.5) is 0 Å². The number of amidine groups is 1. The van der Waals surface area contributed by atoms with Gasteiger partial charge in [-0.25, -0.2) is 0 Å². The van der Waals surface area contributed by atoms with Crippen molar-refractivity contribution in [2.45, 2.75) is 6.61 Å². The molecule has 0 fully saturated rings. The molecular weight excluding hydrogens is 345 g/mol. The number of ether oxygens (including phenoxy) is 1. The van der Waals surface area contributed by atoms with Crippen LogP contribution in [0, 0.1) is 0 Å². The van der Waals surface area contributed by atoms with Crippen molar-refractivity contribution < 1.29 is 4.74 Å². The minimum absolute atomic E-state index is 0. The van der Waals surface area contributed by atoms with Gasteiger partial charge in [0.15, 0.2) is 0 Å². The third-order valence-electron chi connectivity index (χ3n) is 3.22. The molecule has 4 N–H and O–H groups in total. The molecule has 0 spiro atoms. The summed E-state index contributed by atoms with van der Waals surface area (Å²) < 4.78 is 5.76. The van der Waals surface area contributed by atoms with Gasteiger partial charge in [-0.3, -0.25) is 4.99 Å². The van der Waals surface area contributed by atoms with Gasteiger partial charge in [0.05, 0.1) is 0 Å². The number of aliphatic imine (C=N–C) groups is 1. The molecule has 0 aliphatic carbocycles. The molecule has 0 bridgehead atoms. The minimum Gasteiger partial charge on any atom is -0.489 e. The molecule has 130 valence electrons. The lowest BCUT2D eigenvalue weighted by molar-refractivity contribution is 0.306. The minimum atomic E-state index is 0. The molecular formula is C18H23Cl2N3O. The molecule has 2 aromatic rings. The van der Waals surface area contributed by atoms with E-state index in [1.807, 2.05) is 60.7 Å². The number of nitrogens with zero attached hydrogens (tertiary/aromatic N) is 1. The average Bonchev–Trinajstić information content (AvgIpc) is 2.58. The number of benzene rings is 2. The zero-order valence-electron chi connectivity index (χ0n) is 13.5. The van der Waals surface area contributed by atoms with Gasteiger partial charge in [0.25, 0.3) is 0 Å². The Morgan fingerprint density at radius 3 is 2.21 bits per heavy atom. The highest BCUT2D eigenvalue weighted by atomic mass is 35.5. The van der Waals surface area contributed by atoms with Crippen LogP contribution in [0.5, 0.6) is 5.75 Å². The monoisotopic (exact) mass is 367 g/mol. The van der Waals surface area contributed by atoms with E-state index in [1.54, 1.807) is 7.05 Å². The summed E-state index contributed by atoms with van der Waals surface area (Å²) in [4.78, 5) is 3.95. The summed E-state index contributed by atoms with van der Waals surface area (Å²) in [7, 11) is 1.67. The number of hydrogen-bond acceptors (Lipinski definition) is 3. The molecule has 4 nitrogen and oxygen atoms in total. The Balaban J connectivity index is 0.00000264. The van der Waals surface area contributed by atoms with Crippen molar-refractivity contribution in [3.63, 3.8) is 0 Å². The number of nitrogens with two attached hydrogens (primary N) is 2. The number of rotatable bonds is 6. The third-order valence-corrected chi connectivity index (χ3v) is 3.22. The predicted molar refractivity (Wildman–Crippen MR) is 106 cm³/mol. The fraction of sp³-hybridized carbons (Fsp3) is 0.167. The highest BCUT2D eigenvalue weighted by Gasteiger charge is 1.99. The zero-order valence-corrected chi connectivity index (χ0v) is 15.1. The first-order chi connectivity index (χ1) is 10.7. The second kappa shape index (κ2) is 11.5. The first-order valence-corrected chi connectivity index (χ1v) is 7.14. The Morgan fingerprint density at radius 2 is 1.67 bits per heavy atom. The Bertz CT molecular complexity index is 653. The Morgan fingerprint density at radius 1 is 1.04 bits per heavy atom. The van der Waals surface area contributed by atoms with E-state index < -0.39 is 0 Å². The van der Waals surface area contributed by atoms with Gasteiger partial charge in [-0.15, -0.1) is 24.8 Å². The molecule has 6 heteroatoms. The molecule has 2 rings (SSSR count). The highest BCUT2D eigenvalue weighted by molar-refractivity contribution is 5.97. The number of hydrogen-bond donors (Lipinski definition) is 2. The van der Waals surface area contributed by atoms with Gasteiger partial charge in [-0.05, 0) is 35.4 Å². The maximum absolute atomic E-state index is 5.76. The summed E-state index contributed by atoms with van der Waals surface area (Å²) in [5.74, 6) is 1.33. The van der Waals surface area contributed by atoms with Gasteiger partial charge in [0, 0.05) is 19.2 Å². The topological polar surface area (TPSA) is 73.6 Å². The van der Waals surface area contributed by atoms with Gasteiger partial charge in [0.1, 0.15) is 18.2 Å². The van der Waals surface area contributed by atoms with Crippen molar-refractivity contribution >= 4 is 36.7 Å². The van der Waals surface area contributed by atoms with Crippen LogP contribution in [0.15, 0.2) is 59.6 Å². The van der Waals surface area contributed by atoms with E-state index in [4.69, 9.17) is 16.2 Å². The second-order valence-corrected chi connectivity index (χ2v) is 4.80. The van der Waals surface area contributed by atoms with Crippen molar-refractivity contribution in [2.75, 3.05) is 13.6 Å². The smallest absolute Gasteiger partial charge is 0.125 e. The summed E-state index contributed by atoms with van der Waals surface area (Å²) in [6.07, 6.45) is 3.93. The van der Waals surface area contributed by atoms with Crippen LogP contribution >= 0.6 is 24.8 Å². The van der Waals surface area contributed by atoms with E-state index in [9.17, 15) is 0 Å². The Hall–Kier alpha value is -2.01. The van der Waals surface area contributed by atoms with Gasteiger partial charge in [-0.2, -0.15) is 0 Å². The van der Waals surface area contributed by atoms with Crippen molar-refractivity contribution in [1.29, 1.82) is 0 Å². The van der Waals surface area contributed by atoms with E-state index in [1.165, 1.54) is 0 Å². The van der Waals surface area contributed by atoms with Crippen LogP contribution < -0.4 is 16.2 Å². The fourth-order valence-electron chi connectivity index (χ4n) is 1.95. The van der Waals surface area contributed by atoms with Gasteiger partial charge < -0.3 is 16.2 Å². The predicted octanol–water partition coefficient (Wildman–Crippen LogP) is 3.42. The molecule has 2 aromatic carbocycles. The fourth-order valence-corrected chi connectivity index (χ4v) is 1.95. The molecule has 0 aromatic heterocycles. The summed E-state index contributed by atoms with van der Waals surface area (Å²) in [6, 6.07) is 15.8. The van der Waals surface area contributed by atoms with Crippen LogP contribution in [0.25, 0.3) is 6.08 Å². The maximum atomic E-state index is 5.76. The summed E-state index contributed by atoms with van der Waals surface area (Å²) >= 11 is 0. The van der Waals surface area contributed by atoms with E-state index in [0.717, 1.165) is 22.4 Å². The molecule has 0 aliphatic heterocycles. The lowest BCUT2D eigenvalue weighted by Crippen LogP contribution is -2.12. The molecule has 0 heterocycles. The zero-order chi connectivity index (χ0) is 15.8. The largest absolute Gasteiger partial charge is 0.489 e. The van der Waals surface area contributed by atoms with Crippen molar-refractivity contribution in [2.24, 2.45) is 16.5 Å². The summed E-state index contributed by atoms with van der Waals surface area (Å²) in [5.41, 5.74) is 14.3. The van der Waals surface area contributed by atoms with Crippen LogP contribution in [0.3, 0.4) is 0 Å². The van der Waals surface area contributed by atoms with Crippen LogP contribution in [-0.4, -0.2) is 19.4 Å². The highest BCUT2D eigenvalue weighted by Crippen LogP contribution is 2.15. The summed E-state index contributed by atoms with van der Waals surface area (Å²) in [6.45, 7) is 1.08. The van der Waals surface area contributed by atoms with Crippen molar-refractivity contribution in [3.05, 3.63) is 71.3 Å². The average molecular weight is 368 g/mol. The Labute approximate surface area is 155 Å². The number of halogens is 2. The normalized spacial score (nSPS) is 10.8. The van der Waals surface area contributed by atoms with E-state index in [0.29, 0.717) is 19.0 Å². The van der Waals surface area contributed by atoms with Gasteiger partial charge in [0.2, 0.25) is 0 Å². The van der Waals surface area contributed by atoms with Gasteiger partial charge in [-0.1, -0.05) is 36.4 Å². The molecule has 0 amide bonds. The van der Waals surface area contributed by atoms with Crippen LogP contribution in [-0.2, 0) is 6.61 Å². The molecule has 0 atom stereocenters. The lowest BCUT2D eigenvalue weighted by Gasteiger charge is -2.07. The molecule has 0 aliphatic rings. The lowest BCUT2D eigenvalue weighted by atomic mass is 10.1. The SMILES string of the molecule is CN=C(N)c1ccc(OCc2ccc(C=CCN)cc2)cc1.Cl.Cl. The van der Waals surface area contributed by atoms with Crippen molar-refractivity contribution in [1.82, 2.24) is 0 Å². The molecule has 0 saturated carbocycles. The van der Waals surface area contributed by atoms with E-state index in [-0.39, 0.29) is 24.8 Å². The van der Waals surface area contributed by atoms with Gasteiger partial charge >= 0.3 is 0 Å². The second-order valence-electron chi connectivity index (χ2n) is 4.80. The molecule has 0 radical (unpaired) electrons. The van der Waals surface area contributed by atoms with Crippen LogP contribution in [0.2, 0.25) is 0 Å². The quantitative estimate of drug-likeness (QED) is 0.606. The summed E-state index contributed by atoms with van der Waals surface area (Å²) in [5, 5.41) is 0. The standard InChI is InChI=1S/C18H21N3O.2ClH/c1-21-18(20)16-8-10-17(11-9-16)22-13-15-6-4-14(5-7-15)3-2-12-19;;/h2-11H,12-13,19H2,1H3,(H2,20,21);2*1H.